The Morgan fingerprint density at radius 3 is 2.14 bits per heavy atom. The second-order valence-electron chi connectivity index (χ2n) is 10.8. The minimum absolute atomic E-state index is 0.0833. The average molecular weight is 678 g/mol. The fourth-order valence-electron chi connectivity index (χ4n) is 4.29. The molecule has 10 nitrogen and oxygen atoms in total. The molecule has 0 amide bonds. The normalized spacial score (nSPS) is 15.7. The Morgan fingerprint density at radius 2 is 1.50 bits per heavy atom. The molecule has 0 aliphatic rings. The van der Waals surface area contributed by atoms with E-state index < -0.39 is 30.3 Å². The molecule has 3 N–H and O–H groups in total. The molecule has 44 heavy (non-hydrogen) atoms. The molecular weight excluding hydrogens is 632 g/mol. The third-order valence-electron chi connectivity index (χ3n) is 6.49. The number of nitrogen functional groups attached to an aromatic ring is 1. The van der Waals surface area contributed by atoms with Crippen LogP contribution in [0.5, 0.6) is 0 Å². The van der Waals surface area contributed by atoms with Crippen LogP contribution in [-0.4, -0.2) is 56.7 Å². The van der Waals surface area contributed by atoms with Crippen molar-refractivity contribution < 1.29 is 42.9 Å². The van der Waals surface area contributed by atoms with Crippen LogP contribution in [0.4, 0.5) is 25.2 Å². The highest BCUT2D eigenvalue weighted by atomic mass is 32.5. The highest BCUT2D eigenvalue weighted by Gasteiger charge is 2.62. The molecule has 0 bridgehead atoms. The van der Waals surface area contributed by atoms with Gasteiger partial charge in [0.25, 0.3) is 0 Å². The molecule has 0 fully saturated rings. The van der Waals surface area contributed by atoms with Gasteiger partial charge in [-0.2, -0.15) is 0 Å². The Kier molecular flexibility index (Phi) is 14.8. The number of aromatic nitrogens is 4. The lowest BCUT2D eigenvalue weighted by atomic mass is 10.1. The Morgan fingerprint density at radius 1 is 0.909 bits per heavy atom. The lowest BCUT2D eigenvalue weighted by molar-refractivity contribution is 0.0688. The maximum Gasteiger partial charge on any atom is 0.353 e. The first-order chi connectivity index (χ1) is 20.5. The van der Waals surface area contributed by atoms with Crippen molar-refractivity contribution >= 4 is 34.8 Å². The van der Waals surface area contributed by atoms with Crippen LogP contribution in [0.25, 0.3) is 11.2 Å². The van der Waals surface area contributed by atoms with Gasteiger partial charge < -0.3 is 29.2 Å². The summed E-state index contributed by atoms with van der Waals surface area (Å²) in [5.74, 6) is 1.84. The molecule has 17 heteroatoms. The zero-order chi connectivity index (χ0) is 32.6. The number of imidazole rings is 1. The van der Waals surface area contributed by atoms with Gasteiger partial charge in [-0.25, -0.2) is 15.0 Å². The van der Waals surface area contributed by atoms with Crippen molar-refractivity contribution in [1.29, 1.82) is 0 Å². The van der Waals surface area contributed by atoms with E-state index in [9.17, 15) is 28.9 Å². The van der Waals surface area contributed by atoms with E-state index in [-0.39, 0.29) is 24.1 Å². The third-order valence-corrected chi connectivity index (χ3v) is 8.08. The molecule has 2 atom stereocenters. The molecule has 0 spiro atoms. The summed E-state index contributed by atoms with van der Waals surface area (Å²) in [5.41, 5.74) is 6.82. The molecule has 2 rings (SSSR count). The summed E-state index contributed by atoms with van der Waals surface area (Å²) < 4.78 is 90.6. The first-order valence-electron chi connectivity index (χ1n) is 14.9. The number of halogens is 5. The van der Waals surface area contributed by atoms with Gasteiger partial charge in [-0.05, 0) is 26.2 Å². The van der Waals surface area contributed by atoms with Gasteiger partial charge in [0.1, 0.15) is 18.2 Å². The van der Waals surface area contributed by atoms with Gasteiger partial charge in [0, 0.05) is 19.6 Å². The number of nitrogens with two attached hydrogens (primary N) is 1. The summed E-state index contributed by atoms with van der Waals surface area (Å²) in [5, 5.41) is 0.244. The van der Waals surface area contributed by atoms with Gasteiger partial charge in [0.15, 0.2) is 11.5 Å². The van der Waals surface area contributed by atoms with Crippen molar-refractivity contribution in [3.05, 3.63) is 12.7 Å². The van der Waals surface area contributed by atoms with Crippen LogP contribution in [-0.2, 0) is 25.1 Å². The predicted octanol–water partition coefficient (Wildman–Crippen LogP) is 8.32. The van der Waals surface area contributed by atoms with Crippen LogP contribution in [0, 0.1) is 11.2 Å². The number of nitrogens with zero attached hydrogens (tertiary/aromatic N) is 4. The first kappa shape index (κ1) is 38.2. The number of fused-ring (bicyclic) bond motifs is 1. The van der Waals surface area contributed by atoms with Crippen LogP contribution >= 0.6 is 17.8 Å². The predicted molar refractivity (Wildman–Crippen MR) is 163 cm³/mol. The lowest BCUT2D eigenvalue weighted by Gasteiger charge is -2.33. The largest absolute Gasteiger partial charge is 0.382 e. The van der Waals surface area contributed by atoms with E-state index in [1.165, 1.54) is 6.33 Å². The molecule has 0 aromatic carbocycles. The summed E-state index contributed by atoms with van der Waals surface area (Å²) >= 11 is 0. The number of unbranched alkanes of at least 4 members (excludes halogenated alkanes) is 11. The Balaban J connectivity index is 1.36. The smallest absolute Gasteiger partial charge is 0.353 e. The minimum Gasteiger partial charge on any atom is -0.382 e. The van der Waals surface area contributed by atoms with Crippen LogP contribution in [0.3, 0.4) is 0 Å². The number of anilines is 1. The van der Waals surface area contributed by atoms with Gasteiger partial charge in [-0.15, -0.1) is 0 Å². The van der Waals surface area contributed by atoms with Gasteiger partial charge >= 0.3 is 17.8 Å². The average Bonchev–Trinajstić information content (AvgIpc) is 3.33. The molecule has 2 heterocycles. The van der Waals surface area contributed by atoms with Crippen LogP contribution in [0.15, 0.2) is 12.7 Å². The van der Waals surface area contributed by atoms with E-state index in [4.69, 9.17) is 19.7 Å². The summed E-state index contributed by atoms with van der Waals surface area (Å²) in [7, 11) is -13.5. The van der Waals surface area contributed by atoms with Crippen molar-refractivity contribution in [2.75, 3.05) is 31.9 Å². The van der Waals surface area contributed by atoms with E-state index in [0.717, 1.165) is 57.8 Å². The SMILES string of the molecule is C[C@H](Cn1cnc2c(N)ncnc21)OCP(=O)(O)OCCCOCCCCCCCCCCCCCC#CS(F)(F)(F)(F)F. The van der Waals surface area contributed by atoms with Crippen LogP contribution in [0.1, 0.15) is 90.4 Å². The third kappa shape index (κ3) is 18.1. The summed E-state index contributed by atoms with van der Waals surface area (Å²) in [6.45, 7) is 3.25. The van der Waals surface area contributed by atoms with Gasteiger partial charge in [-0.3, -0.25) is 4.57 Å². The van der Waals surface area contributed by atoms with Crippen molar-refractivity contribution in [2.24, 2.45) is 0 Å². The van der Waals surface area contributed by atoms with E-state index in [1.54, 1.807) is 23.7 Å². The fraction of sp³-hybridized carbons (Fsp3) is 0.741. The molecule has 0 aliphatic heterocycles. The van der Waals surface area contributed by atoms with Crippen LogP contribution < -0.4 is 5.73 Å². The molecule has 0 saturated carbocycles. The summed E-state index contributed by atoms with van der Waals surface area (Å²) in [6, 6.07) is 0. The number of ether oxygens (including phenoxy) is 2. The summed E-state index contributed by atoms with van der Waals surface area (Å²) in [6.07, 6.45) is 12.8. The molecule has 1 unspecified atom stereocenters. The number of rotatable bonds is 23. The Bertz CT molecular complexity index is 1260. The zero-order valence-corrected chi connectivity index (χ0v) is 26.9. The van der Waals surface area contributed by atoms with E-state index in [0.29, 0.717) is 50.2 Å². The monoisotopic (exact) mass is 677 g/mol. The summed E-state index contributed by atoms with van der Waals surface area (Å²) in [4.78, 5) is 22.3. The molecule has 2 aromatic heterocycles. The van der Waals surface area contributed by atoms with Crippen molar-refractivity contribution in [1.82, 2.24) is 19.5 Å². The second-order valence-corrected chi connectivity index (χ2v) is 14.7. The lowest BCUT2D eigenvalue weighted by Crippen LogP contribution is -2.17. The van der Waals surface area contributed by atoms with Crippen LogP contribution in [0.2, 0.25) is 0 Å². The van der Waals surface area contributed by atoms with E-state index in [2.05, 4.69) is 15.0 Å². The minimum atomic E-state index is -9.58. The zero-order valence-electron chi connectivity index (χ0n) is 25.2. The second kappa shape index (κ2) is 17.1. The number of hydrogen-bond donors (Lipinski definition) is 2. The molecule has 0 aliphatic carbocycles. The van der Waals surface area contributed by atoms with Gasteiger partial charge in [-0.1, -0.05) is 83.1 Å². The fourth-order valence-corrected chi connectivity index (χ4v) is 5.59. The van der Waals surface area contributed by atoms with Gasteiger partial charge in [0.05, 0.1) is 30.8 Å². The maximum atomic E-state index is 12.3. The quantitative estimate of drug-likeness (QED) is 0.0515. The Hall–Kier alpha value is -2.02. The maximum absolute atomic E-state index is 12.3. The first-order valence-corrected chi connectivity index (χ1v) is 18.6. The van der Waals surface area contributed by atoms with E-state index in [1.807, 2.05) is 0 Å². The topological polar surface area (TPSA) is 135 Å². The molecule has 0 radical (unpaired) electrons. The highest BCUT2D eigenvalue weighted by molar-refractivity contribution is 8.49. The highest BCUT2D eigenvalue weighted by Crippen LogP contribution is 2.97. The molecule has 254 valence electrons. The molecule has 0 saturated heterocycles. The van der Waals surface area contributed by atoms with Crippen molar-refractivity contribution in [3.63, 3.8) is 0 Å². The number of hydrogen-bond acceptors (Lipinski definition) is 8. The van der Waals surface area contributed by atoms with Crippen molar-refractivity contribution in [3.8, 4) is 11.2 Å². The van der Waals surface area contributed by atoms with Gasteiger partial charge in [0.2, 0.25) is 0 Å². The standard InChI is InChI=1S/C27H45F5N5O5PS/c1-24(20-37-22-36-25-26(33)34-21-35-27(25)37)41-23-43(38,39)42-18-15-17-40-16-13-11-9-7-5-3-2-4-6-8-10-12-14-19-44(28,29,30,31)32/h21-22,24H,2-13,15-18,20,23H2,1H3,(H,38,39)(H2,33,34,35)/t24-/m1/s1. The van der Waals surface area contributed by atoms with E-state index >= 15 is 0 Å². The Labute approximate surface area is 255 Å². The molecule has 2 aromatic rings. The molecular formula is C27H45F5N5O5PS. The van der Waals surface area contributed by atoms with Crippen molar-refractivity contribution in [2.45, 2.75) is 103 Å².